The molecule has 7 heteroatoms. The van der Waals surface area contributed by atoms with Gasteiger partial charge >= 0.3 is 0 Å². The van der Waals surface area contributed by atoms with Gasteiger partial charge in [-0.25, -0.2) is 13.1 Å². The first kappa shape index (κ1) is 14.9. The van der Waals surface area contributed by atoms with E-state index in [0.29, 0.717) is 5.25 Å². The number of rotatable bonds is 6. The molecule has 0 radical (unpaired) electrons. The summed E-state index contributed by atoms with van der Waals surface area (Å²) in [5.74, 6) is 1.24. The maximum absolute atomic E-state index is 12.2. The first-order valence-corrected chi connectivity index (χ1v) is 8.93. The Morgan fingerprint density at radius 2 is 2.26 bits per heavy atom. The van der Waals surface area contributed by atoms with Gasteiger partial charge < -0.3 is 9.52 Å². The molecule has 0 aliphatic heterocycles. The van der Waals surface area contributed by atoms with E-state index >= 15 is 0 Å². The second kappa shape index (κ2) is 6.30. The van der Waals surface area contributed by atoms with Gasteiger partial charge in [-0.05, 0) is 30.7 Å². The van der Waals surface area contributed by atoms with Crippen LogP contribution in [0.5, 0.6) is 0 Å². The summed E-state index contributed by atoms with van der Waals surface area (Å²) in [6.45, 7) is 1.78. The minimum absolute atomic E-state index is 0.0300. The Hall–Kier alpha value is -0.500. The highest BCUT2D eigenvalue weighted by atomic mass is 32.2. The lowest BCUT2D eigenvalue weighted by atomic mass is 10.3. The number of aliphatic hydroxyl groups excluding tert-OH is 1. The molecule has 2 N–H and O–H groups in total. The molecule has 1 fully saturated rings. The minimum atomic E-state index is -3.63. The summed E-state index contributed by atoms with van der Waals surface area (Å²) in [7, 11) is -3.63. The molecule has 2 rings (SSSR count). The maximum atomic E-state index is 12.2. The van der Waals surface area contributed by atoms with E-state index in [1.165, 1.54) is 12.1 Å². The minimum Gasteiger partial charge on any atom is -0.446 e. The van der Waals surface area contributed by atoms with E-state index in [2.05, 4.69) is 11.6 Å². The van der Waals surface area contributed by atoms with Crippen LogP contribution in [-0.2, 0) is 16.6 Å². The summed E-state index contributed by atoms with van der Waals surface area (Å²) in [6, 6.07) is 2.82. The lowest BCUT2D eigenvalue weighted by molar-refractivity contribution is 0.236. The molecule has 1 aromatic rings. The second-order valence-corrected chi connectivity index (χ2v) is 7.69. The third-order valence-electron chi connectivity index (χ3n) is 3.20. The first-order chi connectivity index (χ1) is 9.06. The van der Waals surface area contributed by atoms with Gasteiger partial charge in [0, 0.05) is 11.3 Å². The molecule has 0 saturated heterocycles. The summed E-state index contributed by atoms with van der Waals surface area (Å²) in [5.41, 5.74) is 0. The van der Waals surface area contributed by atoms with Crippen molar-refractivity contribution in [2.45, 2.75) is 49.2 Å². The van der Waals surface area contributed by atoms with Crippen molar-refractivity contribution in [3.05, 3.63) is 17.9 Å². The monoisotopic (exact) mass is 305 g/mol. The Labute approximate surface area is 117 Å². The van der Waals surface area contributed by atoms with Crippen LogP contribution in [0, 0.1) is 0 Å². The number of hydrogen-bond donors (Lipinski definition) is 2. The van der Waals surface area contributed by atoms with Gasteiger partial charge in [0.05, 0.1) is 0 Å². The fourth-order valence-electron chi connectivity index (χ4n) is 2.32. The summed E-state index contributed by atoms with van der Waals surface area (Å²) in [4.78, 5) is 0. The topological polar surface area (TPSA) is 79.5 Å². The Kier molecular flexibility index (Phi) is 4.94. The molecule has 1 aliphatic rings. The van der Waals surface area contributed by atoms with E-state index in [0.717, 1.165) is 25.0 Å². The number of nitrogens with one attached hydrogen (secondary N) is 1. The normalized spacial score (nSPS) is 23.9. The predicted molar refractivity (Wildman–Crippen MR) is 74.5 cm³/mol. The van der Waals surface area contributed by atoms with Crippen molar-refractivity contribution in [2.75, 3.05) is 5.75 Å². The lowest BCUT2D eigenvalue weighted by Gasteiger charge is -2.19. The van der Waals surface area contributed by atoms with Crippen molar-refractivity contribution in [1.29, 1.82) is 0 Å². The van der Waals surface area contributed by atoms with E-state index in [9.17, 15) is 8.42 Å². The third kappa shape index (κ3) is 3.53. The van der Waals surface area contributed by atoms with Crippen LogP contribution < -0.4 is 4.72 Å². The molecule has 2 atom stereocenters. The van der Waals surface area contributed by atoms with Gasteiger partial charge in [-0.2, -0.15) is 11.8 Å². The third-order valence-corrected chi connectivity index (χ3v) is 5.89. The van der Waals surface area contributed by atoms with Crippen molar-refractivity contribution < 1.29 is 17.9 Å². The highest BCUT2D eigenvalue weighted by molar-refractivity contribution is 8.00. The van der Waals surface area contributed by atoms with E-state index in [4.69, 9.17) is 9.52 Å². The Bertz CT molecular complexity index is 512. The van der Waals surface area contributed by atoms with E-state index in [-0.39, 0.29) is 23.5 Å². The molecule has 0 amide bonds. The molecule has 5 nitrogen and oxygen atoms in total. The number of furan rings is 1. The predicted octanol–water partition coefficient (Wildman–Crippen LogP) is 1.72. The molecule has 108 valence electrons. The van der Waals surface area contributed by atoms with Gasteiger partial charge in [0.2, 0.25) is 5.09 Å². The molecule has 1 aliphatic carbocycles. The molecule has 0 spiro atoms. The van der Waals surface area contributed by atoms with Gasteiger partial charge in [-0.1, -0.05) is 13.3 Å². The van der Waals surface area contributed by atoms with Crippen molar-refractivity contribution in [1.82, 2.24) is 4.72 Å². The highest BCUT2D eigenvalue weighted by Gasteiger charge is 2.32. The van der Waals surface area contributed by atoms with Crippen LogP contribution in [0.15, 0.2) is 21.6 Å². The molecule has 0 aromatic carbocycles. The fourth-order valence-corrected chi connectivity index (χ4v) is 4.86. The molecule has 2 unspecified atom stereocenters. The summed E-state index contributed by atoms with van der Waals surface area (Å²) in [6.07, 6.45) is 2.96. The fraction of sp³-hybridized carbons (Fsp3) is 0.667. The molecule has 19 heavy (non-hydrogen) atoms. The number of aliphatic hydroxyl groups is 1. The van der Waals surface area contributed by atoms with Crippen molar-refractivity contribution in [3.8, 4) is 0 Å². The summed E-state index contributed by atoms with van der Waals surface area (Å²) in [5, 5.41) is 9.12. The van der Waals surface area contributed by atoms with Crippen LogP contribution in [0.1, 0.15) is 31.9 Å². The Morgan fingerprint density at radius 3 is 2.89 bits per heavy atom. The van der Waals surface area contributed by atoms with Gasteiger partial charge in [0.15, 0.2) is 0 Å². The molecule has 0 bridgehead atoms. The number of hydrogen-bond acceptors (Lipinski definition) is 5. The van der Waals surface area contributed by atoms with Crippen LogP contribution in [0.3, 0.4) is 0 Å². The quantitative estimate of drug-likeness (QED) is 0.836. The number of thioether (sulfide) groups is 1. The average molecular weight is 305 g/mol. The van der Waals surface area contributed by atoms with Gasteiger partial charge in [0.25, 0.3) is 10.0 Å². The van der Waals surface area contributed by atoms with E-state index < -0.39 is 10.0 Å². The smallest absolute Gasteiger partial charge is 0.274 e. The summed E-state index contributed by atoms with van der Waals surface area (Å²) < 4.78 is 32.2. The molecular weight excluding hydrogens is 286 g/mol. The Balaban J connectivity index is 2.08. The molecule has 1 saturated carbocycles. The SMILES string of the molecule is CCSC1CCCC1NS(=O)(=O)c1ccc(CO)o1. The van der Waals surface area contributed by atoms with Crippen molar-refractivity contribution in [2.24, 2.45) is 0 Å². The van der Waals surface area contributed by atoms with Gasteiger partial charge in [0.1, 0.15) is 12.4 Å². The average Bonchev–Trinajstić information content (AvgIpc) is 2.99. The van der Waals surface area contributed by atoms with Crippen LogP contribution in [-0.4, -0.2) is 30.6 Å². The zero-order valence-electron chi connectivity index (χ0n) is 10.8. The maximum Gasteiger partial charge on any atom is 0.274 e. The number of sulfonamides is 1. The van der Waals surface area contributed by atoms with Crippen molar-refractivity contribution >= 4 is 21.8 Å². The highest BCUT2D eigenvalue weighted by Crippen LogP contribution is 2.31. The van der Waals surface area contributed by atoms with E-state index in [1.807, 2.05) is 0 Å². The zero-order chi connectivity index (χ0) is 13.9. The van der Waals surface area contributed by atoms with Crippen molar-refractivity contribution in [3.63, 3.8) is 0 Å². The first-order valence-electron chi connectivity index (χ1n) is 6.40. The van der Waals surface area contributed by atoms with E-state index in [1.54, 1.807) is 11.8 Å². The van der Waals surface area contributed by atoms with Gasteiger partial charge in [-0.3, -0.25) is 0 Å². The van der Waals surface area contributed by atoms with Crippen LogP contribution in [0.25, 0.3) is 0 Å². The molecule has 1 aromatic heterocycles. The second-order valence-electron chi connectivity index (χ2n) is 4.53. The molecular formula is C12H19NO4S2. The van der Waals surface area contributed by atoms with Crippen LogP contribution >= 0.6 is 11.8 Å². The largest absolute Gasteiger partial charge is 0.446 e. The Morgan fingerprint density at radius 1 is 1.47 bits per heavy atom. The van der Waals surface area contributed by atoms with Gasteiger partial charge in [-0.15, -0.1) is 0 Å². The van der Waals surface area contributed by atoms with Crippen LogP contribution in [0.2, 0.25) is 0 Å². The zero-order valence-corrected chi connectivity index (χ0v) is 12.5. The summed E-state index contributed by atoms with van der Waals surface area (Å²) >= 11 is 1.80. The standard InChI is InChI=1S/C12H19NO4S2/c1-2-18-11-5-3-4-10(11)13-19(15,16)12-7-6-9(8-14)17-12/h6-7,10-11,13-14H,2-5,8H2,1H3. The molecule has 1 heterocycles. The lowest BCUT2D eigenvalue weighted by Crippen LogP contribution is -2.38. The van der Waals surface area contributed by atoms with Crippen LogP contribution in [0.4, 0.5) is 0 Å².